The molecule has 0 radical (unpaired) electrons. The van der Waals surface area contributed by atoms with E-state index in [9.17, 15) is 9.90 Å². The Morgan fingerprint density at radius 1 is 0.750 bits per heavy atom. The number of ketones is 1. The predicted molar refractivity (Wildman–Crippen MR) is 205 cm³/mol. The van der Waals surface area contributed by atoms with Gasteiger partial charge in [-0.25, -0.2) is 0 Å². The van der Waals surface area contributed by atoms with Crippen LogP contribution in [0.1, 0.15) is 117 Å². The number of allylic oxidation sites excluding steroid dienone is 4. The Balaban J connectivity index is 0.000000131. The number of rotatable bonds is 2. The molecule has 282 valence electrons. The van der Waals surface area contributed by atoms with Crippen LogP contribution in [0.15, 0.2) is 59.4 Å². The van der Waals surface area contributed by atoms with Crippen molar-refractivity contribution < 1.29 is 19.4 Å². The van der Waals surface area contributed by atoms with Gasteiger partial charge in [-0.05, 0) is 161 Å². The molecule has 2 spiro atoms. The molecular formula is C47H65NO4. The van der Waals surface area contributed by atoms with Gasteiger partial charge in [0.25, 0.3) is 0 Å². The molecule has 1 saturated heterocycles. The number of aliphatic hydroxyl groups is 1. The predicted octanol–water partition coefficient (Wildman–Crippen LogP) is 9.15. The highest BCUT2D eigenvalue weighted by Crippen LogP contribution is 2.68. The molecule has 0 bridgehead atoms. The molecule has 0 aromatic rings. The number of hydrogen-bond donors (Lipinski definition) is 1. The second kappa shape index (κ2) is 12.8. The highest BCUT2D eigenvalue weighted by atomic mass is 16.5. The van der Waals surface area contributed by atoms with Gasteiger partial charge in [-0.2, -0.15) is 0 Å². The molecule has 0 aromatic carbocycles. The van der Waals surface area contributed by atoms with E-state index in [0.717, 1.165) is 56.1 Å². The molecule has 5 nitrogen and oxygen atoms in total. The van der Waals surface area contributed by atoms with Crippen molar-refractivity contribution >= 4 is 5.78 Å². The Labute approximate surface area is 313 Å². The summed E-state index contributed by atoms with van der Waals surface area (Å²) in [6, 6.07) is 0. The summed E-state index contributed by atoms with van der Waals surface area (Å²) in [5.74, 6) is 6.64. The van der Waals surface area contributed by atoms with E-state index in [-0.39, 0.29) is 34.9 Å². The molecule has 8 aliphatic carbocycles. The molecule has 5 heteroatoms. The number of carbonyl (C=O) groups excluding carboxylic acids is 1. The van der Waals surface area contributed by atoms with Gasteiger partial charge in [0.15, 0.2) is 5.78 Å². The van der Waals surface area contributed by atoms with E-state index >= 15 is 0 Å². The SMILES string of the molecule is C[C@]12CCC3C(CC=C4C=C(N5CCCC5)CC[C@@H]43)C1CC[C@@]21C=CCO1.C[C@]12CCC3C(C[C@@H](CO)C4=CC(=O)CC[C@@H]43)C1CC[C@@]21C=CCO1. The van der Waals surface area contributed by atoms with Gasteiger partial charge in [-0.15, -0.1) is 0 Å². The van der Waals surface area contributed by atoms with Crippen molar-refractivity contribution in [3.8, 4) is 0 Å². The number of likely N-dealkylation sites (tertiary alicyclic amines) is 1. The van der Waals surface area contributed by atoms with Crippen molar-refractivity contribution in [1.82, 2.24) is 4.90 Å². The molecule has 6 fully saturated rings. The van der Waals surface area contributed by atoms with Crippen LogP contribution in [0.4, 0.5) is 0 Å². The van der Waals surface area contributed by atoms with Gasteiger partial charge < -0.3 is 19.5 Å². The number of fused-ring (bicyclic) bond motifs is 12. The number of nitrogens with zero attached hydrogens (tertiary/aromatic N) is 1. The second-order valence-corrected chi connectivity index (χ2v) is 19.8. The maximum atomic E-state index is 12.0. The van der Waals surface area contributed by atoms with E-state index in [1.165, 1.54) is 95.7 Å². The van der Waals surface area contributed by atoms with Gasteiger partial charge in [0.05, 0.1) is 24.4 Å². The molecule has 1 N–H and O–H groups in total. The van der Waals surface area contributed by atoms with Crippen molar-refractivity contribution in [1.29, 1.82) is 0 Å². The normalized spacial score (nSPS) is 49.7. The largest absolute Gasteiger partial charge is 0.396 e. The third-order valence-corrected chi connectivity index (χ3v) is 18.4. The lowest BCUT2D eigenvalue weighted by atomic mass is 9.49. The van der Waals surface area contributed by atoms with Crippen LogP contribution in [0.3, 0.4) is 0 Å². The third-order valence-electron chi connectivity index (χ3n) is 18.4. The quantitative estimate of drug-likeness (QED) is 0.290. The summed E-state index contributed by atoms with van der Waals surface area (Å²) in [5, 5.41) is 10.0. The van der Waals surface area contributed by atoms with Crippen LogP contribution in [0, 0.1) is 64.1 Å². The number of carbonyl (C=O) groups is 1. The molecular weight excluding hydrogens is 643 g/mol. The average Bonchev–Trinajstić information content (AvgIpc) is 4.02. The van der Waals surface area contributed by atoms with E-state index in [0.29, 0.717) is 35.5 Å². The molecule has 0 aromatic heterocycles. The van der Waals surface area contributed by atoms with Gasteiger partial charge >= 0.3 is 0 Å². The smallest absolute Gasteiger partial charge is 0.155 e. The first kappa shape index (κ1) is 34.5. The number of aliphatic hydroxyl groups excluding tert-OH is 1. The zero-order chi connectivity index (χ0) is 35.3. The average molecular weight is 708 g/mol. The van der Waals surface area contributed by atoms with Gasteiger partial charge in [0.2, 0.25) is 0 Å². The number of hydrogen-bond acceptors (Lipinski definition) is 5. The fraction of sp³-hybridized carbons (Fsp3) is 0.766. The molecule has 6 unspecified atom stereocenters. The highest BCUT2D eigenvalue weighted by Gasteiger charge is 2.65. The maximum Gasteiger partial charge on any atom is 0.155 e. The molecule has 11 rings (SSSR count). The highest BCUT2D eigenvalue weighted by molar-refractivity contribution is 5.91. The second-order valence-electron chi connectivity index (χ2n) is 19.8. The summed E-state index contributed by atoms with van der Waals surface area (Å²) in [4.78, 5) is 14.6. The Hall–Kier alpha value is -1.95. The van der Waals surface area contributed by atoms with Crippen molar-refractivity contribution in [2.75, 3.05) is 32.9 Å². The first-order valence-electron chi connectivity index (χ1n) is 21.9. The zero-order valence-electron chi connectivity index (χ0n) is 32.2. The van der Waals surface area contributed by atoms with Crippen LogP contribution in [0.2, 0.25) is 0 Å². The minimum atomic E-state index is -0.0318. The summed E-state index contributed by atoms with van der Waals surface area (Å²) in [6.07, 6.45) is 36.4. The van der Waals surface area contributed by atoms with Crippen molar-refractivity contribution in [2.24, 2.45) is 64.1 Å². The van der Waals surface area contributed by atoms with Crippen LogP contribution in [-0.4, -0.2) is 59.9 Å². The van der Waals surface area contributed by atoms with Gasteiger partial charge in [0, 0.05) is 48.6 Å². The molecule has 3 heterocycles. The fourth-order valence-electron chi connectivity index (χ4n) is 15.8. The lowest BCUT2D eigenvalue weighted by Crippen LogP contribution is -2.53. The summed E-state index contributed by atoms with van der Waals surface area (Å²) < 4.78 is 12.7. The zero-order valence-corrected chi connectivity index (χ0v) is 32.2. The lowest BCUT2D eigenvalue weighted by molar-refractivity contribution is -0.120. The van der Waals surface area contributed by atoms with Crippen LogP contribution >= 0.6 is 0 Å². The van der Waals surface area contributed by atoms with Crippen LogP contribution < -0.4 is 0 Å². The van der Waals surface area contributed by atoms with E-state index in [2.05, 4.69) is 55.2 Å². The van der Waals surface area contributed by atoms with Gasteiger partial charge in [0.1, 0.15) is 0 Å². The Bertz CT molecular complexity index is 1600. The summed E-state index contributed by atoms with van der Waals surface area (Å²) in [5.41, 5.74) is 5.30. The van der Waals surface area contributed by atoms with Crippen molar-refractivity contribution in [3.63, 3.8) is 0 Å². The summed E-state index contributed by atoms with van der Waals surface area (Å²) >= 11 is 0. The van der Waals surface area contributed by atoms with Crippen molar-refractivity contribution in [2.45, 2.75) is 128 Å². The first-order valence-corrected chi connectivity index (χ1v) is 21.9. The Kier molecular flexibility index (Phi) is 8.50. The third kappa shape index (κ3) is 4.99. The topological polar surface area (TPSA) is 59.0 Å². The van der Waals surface area contributed by atoms with E-state index in [1.54, 1.807) is 11.3 Å². The standard InChI is InChI=1S/C25H35NO.C22H30O3/c1-24-12-9-21-20-8-6-19(26-14-2-3-15-26)17-18(20)5-7-22(21)23(24)10-13-25(24)11-4-16-27-25;1-21-8-5-17-16-4-3-15(24)12-18(16)14(13-23)11-19(17)20(21)6-9-22(21)7-2-10-25-22/h4-5,11,17,20-23H,2-3,6-10,12-16H2,1H3;2,7,12,14,16-17,19-20,23H,3-6,8-11,13H2,1H3/t20-,21?,22?,23?,24-,25-;14-,16+,17?,19?,20?,21-,22-/m00/s1. The Morgan fingerprint density at radius 2 is 1.38 bits per heavy atom. The Morgan fingerprint density at radius 3 is 2.02 bits per heavy atom. The summed E-state index contributed by atoms with van der Waals surface area (Å²) in [6.45, 7) is 9.45. The number of ether oxygens (including phenoxy) is 2. The van der Waals surface area contributed by atoms with Crippen LogP contribution in [-0.2, 0) is 14.3 Å². The fourth-order valence-corrected chi connectivity index (χ4v) is 15.8. The van der Waals surface area contributed by atoms with Crippen molar-refractivity contribution in [3.05, 3.63) is 59.4 Å². The molecule has 11 aliphatic rings. The molecule has 13 atom stereocenters. The first-order chi connectivity index (χ1) is 25.3. The molecule has 5 saturated carbocycles. The molecule has 0 amide bonds. The molecule has 52 heavy (non-hydrogen) atoms. The van der Waals surface area contributed by atoms with E-state index in [1.807, 2.05) is 6.08 Å². The molecule has 3 aliphatic heterocycles. The van der Waals surface area contributed by atoms with Crippen LogP contribution in [0.5, 0.6) is 0 Å². The van der Waals surface area contributed by atoms with Gasteiger partial charge in [-0.3, -0.25) is 4.79 Å². The summed E-state index contributed by atoms with van der Waals surface area (Å²) in [7, 11) is 0. The minimum Gasteiger partial charge on any atom is -0.396 e. The maximum absolute atomic E-state index is 12.0. The monoisotopic (exact) mass is 707 g/mol. The van der Waals surface area contributed by atoms with E-state index < -0.39 is 0 Å². The lowest BCUT2D eigenvalue weighted by Gasteiger charge is -2.57. The van der Waals surface area contributed by atoms with E-state index in [4.69, 9.17) is 9.47 Å². The minimum absolute atomic E-state index is 0.0318. The van der Waals surface area contributed by atoms with Gasteiger partial charge in [-0.1, -0.05) is 49.8 Å². The van der Waals surface area contributed by atoms with Crippen LogP contribution in [0.25, 0.3) is 0 Å².